The Bertz CT molecular complexity index is 1460. The molecule has 6 rings (SSSR count). The maximum Gasteiger partial charge on any atom is 0.318 e. The van der Waals surface area contributed by atoms with Crippen LogP contribution < -0.4 is 11.1 Å². The number of carboxylic acids is 1. The topological polar surface area (TPSA) is 139 Å². The van der Waals surface area contributed by atoms with Gasteiger partial charge >= 0.3 is 18.0 Å². The Hall–Kier alpha value is -2.13. The third-order valence-corrected chi connectivity index (χ3v) is 15.7. The molecule has 2 amide bonds. The van der Waals surface area contributed by atoms with Crippen molar-refractivity contribution in [2.24, 2.45) is 56.5 Å². The predicted molar refractivity (Wildman–Crippen MR) is 196 cm³/mol. The fourth-order valence-electron chi connectivity index (χ4n) is 12.8. The summed E-state index contributed by atoms with van der Waals surface area (Å²) in [7, 11) is 0. The smallest absolute Gasteiger partial charge is 0.318 e. The lowest BCUT2D eigenvalue weighted by atomic mass is 9.33. The number of urea groups is 1. The summed E-state index contributed by atoms with van der Waals surface area (Å²) in [6, 6.07) is -0.0711. The van der Waals surface area contributed by atoms with E-state index in [0.29, 0.717) is 31.3 Å². The van der Waals surface area contributed by atoms with Gasteiger partial charge in [-0.2, -0.15) is 0 Å². The molecule has 0 aromatic rings. The van der Waals surface area contributed by atoms with Gasteiger partial charge in [-0.25, -0.2) is 4.79 Å². The van der Waals surface area contributed by atoms with Gasteiger partial charge in [0.05, 0.1) is 17.4 Å². The molecule has 0 unspecified atom stereocenters. The molecule has 0 radical (unpaired) electrons. The van der Waals surface area contributed by atoms with Crippen molar-refractivity contribution in [2.45, 2.75) is 151 Å². The largest absolute Gasteiger partial charge is 0.481 e. The molecule has 5 fully saturated rings. The van der Waals surface area contributed by atoms with Crippen LogP contribution in [-0.4, -0.2) is 64.5 Å². The molecule has 9 atom stereocenters. The summed E-state index contributed by atoms with van der Waals surface area (Å²) in [5.41, 5.74) is 6.44. The number of ketones is 1. The quantitative estimate of drug-likeness (QED) is 0.245. The number of halogens is 1. The minimum atomic E-state index is -1.16. The lowest BCUT2D eigenvalue weighted by Crippen LogP contribution is -2.67. The van der Waals surface area contributed by atoms with Crippen molar-refractivity contribution >= 4 is 36.2 Å². The molecule has 6 aliphatic rings. The second-order valence-corrected chi connectivity index (χ2v) is 19.4. The van der Waals surface area contributed by atoms with Crippen molar-refractivity contribution in [3.05, 3.63) is 11.1 Å². The number of nitrogens with two attached hydrogens (primary N) is 1. The van der Waals surface area contributed by atoms with E-state index in [1.807, 2.05) is 4.90 Å². The molecule has 1 heterocycles. The van der Waals surface area contributed by atoms with Crippen LogP contribution >= 0.6 is 12.4 Å². The Labute approximate surface area is 306 Å². The highest BCUT2D eigenvalue weighted by Gasteiger charge is 2.70. The number of Topliss-reactive ketones (excluding diaryl/α,β-unsaturated/α-hetero) is 1. The van der Waals surface area contributed by atoms with E-state index in [4.69, 9.17) is 10.5 Å². The average molecular weight is 718 g/mol. The zero-order chi connectivity index (χ0) is 36.1. The van der Waals surface area contributed by atoms with Gasteiger partial charge in [0.25, 0.3) is 0 Å². The predicted octanol–water partition coefficient (Wildman–Crippen LogP) is 7.30. The van der Waals surface area contributed by atoms with E-state index in [9.17, 15) is 24.3 Å². The number of carboxylic acid groups (broad SMARTS) is 1. The highest BCUT2D eigenvalue weighted by molar-refractivity contribution is 6.02. The van der Waals surface area contributed by atoms with Gasteiger partial charge in [-0.05, 0) is 123 Å². The maximum atomic E-state index is 13.9. The van der Waals surface area contributed by atoms with Gasteiger partial charge in [0.15, 0.2) is 5.78 Å². The van der Waals surface area contributed by atoms with Crippen molar-refractivity contribution in [1.82, 2.24) is 10.2 Å². The molecule has 0 aromatic heterocycles. The highest BCUT2D eigenvalue weighted by Crippen LogP contribution is 2.76. The number of ether oxygens (including phenoxy) is 1. The molecule has 4 saturated carbocycles. The first-order valence-corrected chi connectivity index (χ1v) is 19.2. The van der Waals surface area contributed by atoms with Crippen LogP contribution in [0.3, 0.4) is 0 Å². The number of nitrogens with zero attached hydrogens (tertiary/aromatic N) is 1. The second-order valence-electron chi connectivity index (χ2n) is 19.4. The van der Waals surface area contributed by atoms with E-state index < -0.39 is 22.9 Å². The summed E-state index contributed by atoms with van der Waals surface area (Å²) in [6.07, 6.45) is 8.49. The number of allylic oxidation sites excluding steroid dienone is 1. The van der Waals surface area contributed by atoms with Gasteiger partial charge < -0.3 is 25.8 Å². The number of esters is 1. The van der Waals surface area contributed by atoms with Crippen molar-refractivity contribution in [3.63, 3.8) is 0 Å². The van der Waals surface area contributed by atoms with Crippen LogP contribution in [0.25, 0.3) is 0 Å². The molecule has 50 heavy (non-hydrogen) atoms. The fraction of sp³-hybridized carbons (Fsp3) is 0.850. The van der Waals surface area contributed by atoms with Crippen molar-refractivity contribution in [3.8, 4) is 0 Å². The first kappa shape index (κ1) is 39.1. The number of hydrogen-bond acceptors (Lipinski definition) is 6. The van der Waals surface area contributed by atoms with Crippen LogP contribution in [0, 0.1) is 50.7 Å². The number of aliphatic carboxylic acids is 1. The fourth-order valence-corrected chi connectivity index (χ4v) is 12.8. The summed E-state index contributed by atoms with van der Waals surface area (Å²) < 4.78 is 6.15. The summed E-state index contributed by atoms with van der Waals surface area (Å²) in [6.45, 7) is 20.7. The molecule has 1 aliphatic heterocycles. The number of likely N-dealkylation sites (tertiary alicyclic amines) is 1. The summed E-state index contributed by atoms with van der Waals surface area (Å²) in [4.78, 5) is 54.2. The van der Waals surface area contributed by atoms with Crippen molar-refractivity contribution in [2.75, 3.05) is 13.1 Å². The van der Waals surface area contributed by atoms with E-state index >= 15 is 0 Å². The normalized spacial score (nSPS) is 40.7. The van der Waals surface area contributed by atoms with Gasteiger partial charge in [0.1, 0.15) is 6.10 Å². The third kappa shape index (κ3) is 5.74. The highest BCUT2D eigenvalue weighted by atomic mass is 35.5. The summed E-state index contributed by atoms with van der Waals surface area (Å²) in [5, 5.41) is 13.1. The second kappa shape index (κ2) is 12.8. The lowest BCUT2D eigenvalue weighted by Gasteiger charge is -2.72. The number of nitrogens with one attached hydrogen (secondary N) is 1. The zero-order valence-corrected chi connectivity index (χ0v) is 32.9. The summed E-state index contributed by atoms with van der Waals surface area (Å²) in [5.74, 6) is -0.0317. The molecular formula is C40H64ClN3O6. The van der Waals surface area contributed by atoms with Crippen LogP contribution in [0.1, 0.15) is 133 Å². The Morgan fingerprint density at radius 3 is 2.24 bits per heavy atom. The van der Waals surface area contributed by atoms with Crippen LogP contribution in [-0.2, 0) is 19.1 Å². The van der Waals surface area contributed by atoms with Gasteiger partial charge in [-0.1, -0.05) is 48.5 Å². The summed E-state index contributed by atoms with van der Waals surface area (Å²) >= 11 is 0. The lowest BCUT2D eigenvalue weighted by molar-refractivity contribution is -0.232. The van der Waals surface area contributed by atoms with Crippen LogP contribution in [0.4, 0.5) is 4.79 Å². The molecule has 4 N–H and O–H groups in total. The Morgan fingerprint density at radius 2 is 1.64 bits per heavy atom. The minimum absolute atomic E-state index is 0. The maximum absolute atomic E-state index is 13.9. The number of fused-ring (bicyclic) bond motifs is 7. The van der Waals surface area contributed by atoms with Gasteiger partial charge in [-0.15, -0.1) is 12.4 Å². The first-order chi connectivity index (χ1) is 22.6. The molecule has 5 aliphatic carbocycles. The van der Waals surface area contributed by atoms with Gasteiger partial charge in [-0.3, -0.25) is 14.4 Å². The van der Waals surface area contributed by atoms with E-state index in [2.05, 4.69) is 53.8 Å². The van der Waals surface area contributed by atoms with Crippen molar-refractivity contribution in [1.29, 1.82) is 0 Å². The van der Waals surface area contributed by atoms with Crippen LogP contribution in [0.5, 0.6) is 0 Å². The van der Waals surface area contributed by atoms with E-state index in [0.717, 1.165) is 63.4 Å². The molecular weight excluding hydrogens is 654 g/mol. The Morgan fingerprint density at radius 1 is 0.960 bits per heavy atom. The standard InChI is InChI=1S/C40H63N3O6.ClH/c1-23(2)31-26(44)20-40(42-34(48)43-19-14-24(41)22-43)18-17-38(8)25(32(31)40)10-11-28-37(7)15-13-29(49-30(45)21-35(3,4)33(46)47)36(5,6)27(37)12-16-39(28,38)9;/h23-25,27-29H,10-22,41H2,1-9H3,(H,42,48)(H,46,47);1H/t24-,25+,27-,28+,29-,37-,38+,39+,40+;/m0./s1. The number of carbonyl (C=O) groups is 4. The average Bonchev–Trinajstić information content (AvgIpc) is 3.55. The Kier molecular flexibility index (Phi) is 9.98. The van der Waals surface area contributed by atoms with Gasteiger partial charge in [0.2, 0.25) is 0 Å². The number of carbonyl (C=O) groups excluding carboxylic acids is 3. The molecule has 0 aromatic carbocycles. The van der Waals surface area contributed by atoms with E-state index in [1.54, 1.807) is 13.8 Å². The van der Waals surface area contributed by atoms with Crippen molar-refractivity contribution < 1.29 is 29.0 Å². The first-order valence-electron chi connectivity index (χ1n) is 19.2. The number of amides is 2. The number of hydrogen-bond donors (Lipinski definition) is 3. The molecule has 1 saturated heterocycles. The molecule has 9 nitrogen and oxygen atoms in total. The minimum Gasteiger partial charge on any atom is -0.481 e. The molecule has 0 bridgehead atoms. The zero-order valence-electron chi connectivity index (χ0n) is 32.1. The monoisotopic (exact) mass is 717 g/mol. The third-order valence-electron chi connectivity index (χ3n) is 15.7. The van der Waals surface area contributed by atoms with E-state index in [-0.39, 0.29) is 76.3 Å². The number of rotatable bonds is 6. The molecule has 282 valence electrons. The SMILES string of the molecule is CC(C)C1=C2[C@H]3CC[C@@H]4[C@@]5(C)CC[C@H](OC(=O)CC(C)(C)C(=O)O)C(C)(C)[C@@H]5CC[C@@]4(C)[C@]3(C)CC[C@@]2(NC(=O)N2CC[C@H](N)C2)CC1=O.Cl. The Balaban J connectivity index is 0.00000486. The molecule has 0 spiro atoms. The molecule has 10 heteroatoms. The van der Waals surface area contributed by atoms with Crippen LogP contribution in [0.2, 0.25) is 0 Å². The van der Waals surface area contributed by atoms with Crippen LogP contribution in [0.15, 0.2) is 11.1 Å². The van der Waals surface area contributed by atoms with E-state index in [1.165, 1.54) is 5.57 Å². The van der Waals surface area contributed by atoms with Gasteiger partial charge in [0, 0.05) is 31.0 Å².